The number of para-hydroxylation sites is 2. The highest BCUT2D eigenvalue weighted by atomic mass is 35.5. The molecule has 4 aromatic rings. The minimum atomic E-state index is -1.14. The summed E-state index contributed by atoms with van der Waals surface area (Å²) in [4.78, 5) is 49.0. The van der Waals surface area contributed by atoms with E-state index in [1.54, 1.807) is 28.8 Å². The molecular weight excluding hydrogens is 512 g/mol. The fraction of sp³-hybridized carbons (Fsp3) is 0.290. The summed E-state index contributed by atoms with van der Waals surface area (Å²) in [6.45, 7) is 6.03. The molecule has 3 aliphatic heterocycles. The Morgan fingerprint density at radius 3 is 2.46 bits per heavy atom. The maximum absolute atomic E-state index is 14.5. The van der Waals surface area contributed by atoms with Gasteiger partial charge in [0.1, 0.15) is 11.4 Å². The molecule has 8 heteroatoms. The van der Waals surface area contributed by atoms with E-state index in [4.69, 9.17) is 16.6 Å². The summed E-state index contributed by atoms with van der Waals surface area (Å²) in [5.74, 6) is -1.23. The molecule has 0 aliphatic carbocycles. The number of carbonyl (C=O) groups excluding carboxylic acids is 2. The monoisotopic (exact) mass is 538 g/mol. The number of hydrogen-bond acceptors (Lipinski definition) is 5. The Kier molecular flexibility index (Phi) is 5.19. The van der Waals surface area contributed by atoms with Gasteiger partial charge in [-0.1, -0.05) is 61.8 Å². The van der Waals surface area contributed by atoms with Gasteiger partial charge in [0.05, 0.1) is 34.1 Å². The average Bonchev–Trinajstić information content (AvgIpc) is 3.49. The third kappa shape index (κ3) is 3.08. The van der Waals surface area contributed by atoms with Crippen LogP contribution < -0.4 is 15.8 Å². The van der Waals surface area contributed by atoms with Crippen LogP contribution in [0, 0.1) is 24.7 Å². The Labute approximate surface area is 230 Å². The number of nitrogens with zero attached hydrogens (tertiary/aromatic N) is 3. The molecule has 1 N–H and O–H groups in total. The van der Waals surface area contributed by atoms with E-state index in [1.165, 1.54) is 4.90 Å². The van der Waals surface area contributed by atoms with Gasteiger partial charge in [0.2, 0.25) is 11.8 Å². The van der Waals surface area contributed by atoms with Crippen molar-refractivity contribution in [2.45, 2.75) is 38.8 Å². The molecule has 2 amide bonds. The summed E-state index contributed by atoms with van der Waals surface area (Å²) in [5.41, 5.74) is 1.88. The van der Waals surface area contributed by atoms with Gasteiger partial charge in [-0.15, -0.1) is 0 Å². The van der Waals surface area contributed by atoms with Crippen LogP contribution in [0.5, 0.6) is 0 Å². The summed E-state index contributed by atoms with van der Waals surface area (Å²) >= 11 is 6.42. The SMILES string of the molecule is Cc1c(Cl)cccc1N1C(=O)[C@H]2C(CC(C)C)NC3(c4ccccc4-n4c3nc3ccccc3c4=O)[C@H]2C1=O. The number of anilines is 1. The first-order valence-corrected chi connectivity index (χ1v) is 13.7. The van der Waals surface area contributed by atoms with Crippen LogP contribution in [0.3, 0.4) is 0 Å². The van der Waals surface area contributed by atoms with E-state index < -0.39 is 17.4 Å². The lowest BCUT2D eigenvalue weighted by Gasteiger charge is -2.32. The van der Waals surface area contributed by atoms with Crippen molar-refractivity contribution in [1.29, 1.82) is 0 Å². The molecule has 2 fully saturated rings. The molecule has 4 heterocycles. The van der Waals surface area contributed by atoms with Gasteiger partial charge in [-0.2, -0.15) is 0 Å². The second-order valence-electron chi connectivity index (χ2n) is 11.2. The summed E-state index contributed by atoms with van der Waals surface area (Å²) in [6, 6.07) is 19.9. The number of hydrogen-bond donors (Lipinski definition) is 1. The van der Waals surface area contributed by atoms with Crippen molar-refractivity contribution >= 4 is 40.0 Å². The predicted octanol–water partition coefficient (Wildman–Crippen LogP) is 4.73. The molecule has 0 saturated carbocycles. The normalized spacial score (nSPS) is 25.2. The Bertz CT molecular complexity index is 1780. The summed E-state index contributed by atoms with van der Waals surface area (Å²) in [7, 11) is 0. The van der Waals surface area contributed by atoms with E-state index in [2.05, 4.69) is 19.2 Å². The van der Waals surface area contributed by atoms with Crippen LogP contribution in [0.1, 0.15) is 37.2 Å². The highest BCUT2D eigenvalue weighted by Crippen LogP contribution is 2.56. The molecule has 3 aromatic carbocycles. The number of imide groups is 1. The third-order valence-electron chi connectivity index (χ3n) is 8.57. The van der Waals surface area contributed by atoms with E-state index in [-0.39, 0.29) is 29.3 Å². The minimum Gasteiger partial charge on any atom is -0.297 e. The van der Waals surface area contributed by atoms with Crippen LogP contribution >= 0.6 is 11.6 Å². The van der Waals surface area contributed by atoms with E-state index in [1.807, 2.05) is 49.4 Å². The molecular formula is C31H27ClN4O3. The van der Waals surface area contributed by atoms with Crippen LogP contribution in [-0.4, -0.2) is 27.4 Å². The first-order valence-electron chi connectivity index (χ1n) is 13.3. The van der Waals surface area contributed by atoms with Crippen molar-refractivity contribution in [3.63, 3.8) is 0 Å². The predicted molar refractivity (Wildman–Crippen MR) is 150 cm³/mol. The highest BCUT2D eigenvalue weighted by molar-refractivity contribution is 6.32. The molecule has 3 aliphatic rings. The summed E-state index contributed by atoms with van der Waals surface area (Å²) in [5, 5.41) is 4.75. The van der Waals surface area contributed by atoms with Gasteiger partial charge < -0.3 is 0 Å². The Morgan fingerprint density at radius 1 is 0.949 bits per heavy atom. The van der Waals surface area contributed by atoms with E-state index >= 15 is 0 Å². The quantitative estimate of drug-likeness (QED) is 0.381. The maximum Gasteiger partial charge on any atom is 0.266 e. The van der Waals surface area contributed by atoms with Crippen LogP contribution in [0.2, 0.25) is 5.02 Å². The van der Waals surface area contributed by atoms with Crippen molar-refractivity contribution < 1.29 is 9.59 Å². The van der Waals surface area contributed by atoms with Crippen molar-refractivity contribution in [2.24, 2.45) is 17.8 Å². The third-order valence-corrected chi connectivity index (χ3v) is 8.98. The smallest absolute Gasteiger partial charge is 0.266 e. The zero-order chi connectivity index (χ0) is 27.2. The number of halogens is 1. The molecule has 4 atom stereocenters. The lowest BCUT2D eigenvalue weighted by Crippen LogP contribution is -2.50. The fourth-order valence-electron chi connectivity index (χ4n) is 7.01. The van der Waals surface area contributed by atoms with Gasteiger partial charge in [-0.3, -0.25) is 24.3 Å². The molecule has 2 saturated heterocycles. The van der Waals surface area contributed by atoms with Gasteiger partial charge >= 0.3 is 0 Å². The van der Waals surface area contributed by atoms with Gasteiger partial charge in [0.15, 0.2) is 0 Å². The number of carbonyl (C=O) groups is 2. The average molecular weight is 539 g/mol. The highest BCUT2D eigenvalue weighted by Gasteiger charge is 2.69. The van der Waals surface area contributed by atoms with Crippen molar-refractivity contribution in [2.75, 3.05) is 4.90 Å². The number of fused-ring (bicyclic) bond motifs is 8. The van der Waals surface area contributed by atoms with Gasteiger partial charge in [0.25, 0.3) is 5.56 Å². The van der Waals surface area contributed by atoms with Gasteiger partial charge in [-0.25, -0.2) is 9.88 Å². The molecule has 1 aromatic heterocycles. The van der Waals surface area contributed by atoms with Crippen molar-refractivity contribution in [1.82, 2.24) is 14.9 Å². The lowest BCUT2D eigenvalue weighted by molar-refractivity contribution is -0.123. The maximum atomic E-state index is 14.5. The number of nitrogens with one attached hydrogen (secondary N) is 1. The lowest BCUT2D eigenvalue weighted by atomic mass is 9.75. The Balaban J connectivity index is 1.53. The van der Waals surface area contributed by atoms with Crippen LogP contribution in [0.15, 0.2) is 71.5 Å². The van der Waals surface area contributed by atoms with Crippen molar-refractivity contribution in [3.05, 3.63) is 99.1 Å². The largest absolute Gasteiger partial charge is 0.297 e. The summed E-state index contributed by atoms with van der Waals surface area (Å²) < 4.78 is 1.63. The number of benzene rings is 3. The van der Waals surface area contributed by atoms with Gasteiger partial charge in [0, 0.05) is 16.6 Å². The number of rotatable bonds is 3. The molecule has 7 nitrogen and oxygen atoms in total. The van der Waals surface area contributed by atoms with Crippen LogP contribution in [-0.2, 0) is 15.1 Å². The van der Waals surface area contributed by atoms with Gasteiger partial charge in [-0.05, 0) is 55.2 Å². The molecule has 0 bridgehead atoms. The van der Waals surface area contributed by atoms with Crippen LogP contribution in [0.4, 0.5) is 5.69 Å². The van der Waals surface area contributed by atoms with Crippen LogP contribution in [0.25, 0.3) is 16.6 Å². The Hall–Kier alpha value is -3.81. The standard InChI is InChI=1S/C31H27ClN4O3/c1-16(2)15-22-25-26(29(39)35(28(25)38)23-14-8-11-20(32)17(23)3)31(34-22)19-10-5-7-13-24(19)36-27(37)18-9-4-6-12-21(18)33-30(31)36/h4-14,16,22,25-26,34H,15H2,1-3H3/t22?,25-,26+,31?/m0/s1. The molecule has 7 rings (SSSR count). The second kappa shape index (κ2) is 8.34. The molecule has 2 unspecified atom stereocenters. The van der Waals surface area contributed by atoms with E-state index in [0.717, 1.165) is 5.56 Å². The second-order valence-corrected chi connectivity index (χ2v) is 11.6. The first kappa shape index (κ1) is 24.2. The molecule has 39 heavy (non-hydrogen) atoms. The fourth-order valence-corrected chi connectivity index (χ4v) is 7.17. The Morgan fingerprint density at radius 2 is 1.67 bits per heavy atom. The zero-order valence-electron chi connectivity index (χ0n) is 21.8. The number of aromatic nitrogens is 2. The van der Waals surface area contributed by atoms with Crippen molar-refractivity contribution in [3.8, 4) is 5.69 Å². The van der Waals surface area contributed by atoms with E-state index in [0.29, 0.717) is 45.1 Å². The molecule has 0 radical (unpaired) electrons. The molecule has 196 valence electrons. The van der Waals surface area contributed by atoms with E-state index in [9.17, 15) is 14.4 Å². The summed E-state index contributed by atoms with van der Waals surface area (Å²) in [6.07, 6.45) is 0.685. The topological polar surface area (TPSA) is 84.3 Å². The minimum absolute atomic E-state index is 0.190. The first-order chi connectivity index (χ1) is 18.8. The number of amides is 2. The zero-order valence-corrected chi connectivity index (χ0v) is 22.6. The molecule has 1 spiro atoms.